The first-order valence-corrected chi connectivity index (χ1v) is 4.84. The summed E-state index contributed by atoms with van der Waals surface area (Å²) in [5.74, 6) is -2.06. The third-order valence-corrected chi connectivity index (χ3v) is 3.58. The standard InChI is InChI=1S/C5H4O4S2/c6-4(7)2-1-3(5(8)9)11-10-2/h1-2H,(H,6,7)(H,8,9). The molecule has 1 aliphatic heterocycles. The van der Waals surface area contributed by atoms with Gasteiger partial charge in [0.25, 0.3) is 0 Å². The van der Waals surface area contributed by atoms with E-state index in [1.165, 1.54) is 6.08 Å². The molecule has 2 N–H and O–H groups in total. The van der Waals surface area contributed by atoms with Gasteiger partial charge in [0.15, 0.2) is 0 Å². The molecule has 60 valence electrons. The molecule has 0 aromatic heterocycles. The Bertz CT molecular complexity index is 235. The Balaban J connectivity index is 2.68. The smallest absolute Gasteiger partial charge is 0.342 e. The second-order valence-electron chi connectivity index (χ2n) is 1.77. The third-order valence-electron chi connectivity index (χ3n) is 0.998. The van der Waals surface area contributed by atoms with Gasteiger partial charge in [-0.1, -0.05) is 10.8 Å². The van der Waals surface area contributed by atoms with Crippen molar-refractivity contribution in [3.63, 3.8) is 0 Å². The molecule has 1 rings (SSSR count). The van der Waals surface area contributed by atoms with E-state index in [-0.39, 0.29) is 4.91 Å². The molecule has 1 heterocycles. The summed E-state index contributed by atoms with van der Waals surface area (Å²) in [5, 5.41) is 16.1. The molecule has 0 fully saturated rings. The Kier molecular flexibility index (Phi) is 2.45. The summed E-state index contributed by atoms with van der Waals surface area (Å²) >= 11 is 0. The molecular weight excluding hydrogens is 188 g/mol. The Morgan fingerprint density at radius 2 is 2.09 bits per heavy atom. The SMILES string of the molecule is O=C(O)C1=CC(C(=O)O)SS1. The van der Waals surface area contributed by atoms with Gasteiger partial charge in [-0.2, -0.15) is 0 Å². The number of carboxylic acids is 2. The monoisotopic (exact) mass is 192 g/mol. The van der Waals surface area contributed by atoms with Crippen LogP contribution >= 0.6 is 21.6 Å². The topological polar surface area (TPSA) is 74.6 Å². The average Bonchev–Trinajstić information content (AvgIpc) is 2.33. The summed E-state index contributed by atoms with van der Waals surface area (Å²) in [7, 11) is 2.01. The highest BCUT2D eigenvalue weighted by Crippen LogP contribution is 2.41. The highest BCUT2D eigenvalue weighted by atomic mass is 33.1. The lowest BCUT2D eigenvalue weighted by Crippen LogP contribution is -2.10. The molecule has 0 saturated carbocycles. The number of hydrogen-bond acceptors (Lipinski definition) is 4. The number of carbonyl (C=O) groups is 2. The molecule has 0 aromatic carbocycles. The third kappa shape index (κ3) is 1.90. The first-order valence-electron chi connectivity index (χ1n) is 2.62. The molecule has 0 spiro atoms. The normalized spacial score (nSPS) is 22.9. The summed E-state index contributed by atoms with van der Waals surface area (Å²) < 4.78 is 0. The van der Waals surface area contributed by atoms with Crippen molar-refractivity contribution in [2.45, 2.75) is 5.25 Å². The maximum Gasteiger partial charge on any atom is 0.342 e. The molecular formula is C5H4O4S2. The van der Waals surface area contributed by atoms with Gasteiger partial charge in [-0.15, -0.1) is 0 Å². The van der Waals surface area contributed by atoms with E-state index >= 15 is 0 Å². The minimum atomic E-state index is -1.06. The number of hydrogen-bond donors (Lipinski definition) is 2. The van der Waals surface area contributed by atoms with Crippen molar-refractivity contribution in [2.75, 3.05) is 0 Å². The molecule has 1 aliphatic rings. The van der Waals surface area contributed by atoms with E-state index in [0.717, 1.165) is 21.6 Å². The molecule has 11 heavy (non-hydrogen) atoms. The van der Waals surface area contributed by atoms with Crippen molar-refractivity contribution in [3.8, 4) is 0 Å². The van der Waals surface area contributed by atoms with Crippen LogP contribution in [0.3, 0.4) is 0 Å². The lowest BCUT2D eigenvalue weighted by Gasteiger charge is -1.93. The van der Waals surface area contributed by atoms with Gasteiger partial charge in [-0.3, -0.25) is 4.79 Å². The Labute approximate surface area is 70.1 Å². The lowest BCUT2D eigenvalue weighted by molar-refractivity contribution is -0.135. The van der Waals surface area contributed by atoms with E-state index in [9.17, 15) is 9.59 Å². The van der Waals surface area contributed by atoms with Gasteiger partial charge in [0.1, 0.15) is 10.2 Å². The quantitative estimate of drug-likeness (QED) is 0.630. The van der Waals surface area contributed by atoms with Crippen LogP contribution in [0.4, 0.5) is 0 Å². The first-order chi connectivity index (χ1) is 5.11. The van der Waals surface area contributed by atoms with Crippen molar-refractivity contribution >= 4 is 33.5 Å². The van der Waals surface area contributed by atoms with Gasteiger partial charge in [-0.25, -0.2) is 4.79 Å². The summed E-state index contributed by atoms with van der Waals surface area (Å²) in [5.41, 5.74) is 0. The predicted molar refractivity (Wildman–Crippen MR) is 42.3 cm³/mol. The highest BCUT2D eigenvalue weighted by Gasteiger charge is 2.26. The fourth-order valence-electron chi connectivity index (χ4n) is 0.516. The minimum absolute atomic E-state index is 0.0994. The summed E-state index contributed by atoms with van der Waals surface area (Å²) in [6, 6.07) is 0. The second-order valence-corrected chi connectivity index (χ2v) is 4.16. The minimum Gasteiger partial charge on any atom is -0.480 e. The van der Waals surface area contributed by atoms with Gasteiger partial charge in [0.2, 0.25) is 0 Å². The van der Waals surface area contributed by atoms with Crippen LogP contribution in [-0.2, 0) is 9.59 Å². The number of rotatable bonds is 2. The van der Waals surface area contributed by atoms with Gasteiger partial charge in [0, 0.05) is 0 Å². The zero-order chi connectivity index (χ0) is 8.43. The Morgan fingerprint density at radius 1 is 1.45 bits per heavy atom. The maximum atomic E-state index is 10.3. The summed E-state index contributed by atoms with van der Waals surface area (Å²) in [6.07, 6.45) is 1.24. The van der Waals surface area contributed by atoms with E-state index < -0.39 is 17.2 Å². The second kappa shape index (κ2) is 3.19. The van der Waals surface area contributed by atoms with Crippen LogP contribution in [-0.4, -0.2) is 27.4 Å². The van der Waals surface area contributed by atoms with Crippen molar-refractivity contribution < 1.29 is 19.8 Å². The Hall–Kier alpha value is -0.620. The van der Waals surface area contributed by atoms with Gasteiger partial charge < -0.3 is 10.2 Å². The molecule has 1 atom stereocenters. The van der Waals surface area contributed by atoms with Crippen LogP contribution < -0.4 is 0 Å². The lowest BCUT2D eigenvalue weighted by atomic mass is 10.3. The predicted octanol–water partition coefficient (Wildman–Crippen LogP) is 0.803. The van der Waals surface area contributed by atoms with Crippen LogP contribution in [0.25, 0.3) is 0 Å². The van der Waals surface area contributed by atoms with Crippen LogP contribution in [0.2, 0.25) is 0 Å². The van der Waals surface area contributed by atoms with Crippen LogP contribution in [0.5, 0.6) is 0 Å². The Morgan fingerprint density at radius 3 is 2.36 bits per heavy atom. The molecule has 6 heteroatoms. The van der Waals surface area contributed by atoms with Crippen molar-refractivity contribution in [1.82, 2.24) is 0 Å². The van der Waals surface area contributed by atoms with E-state index in [1.54, 1.807) is 0 Å². The van der Waals surface area contributed by atoms with Crippen molar-refractivity contribution in [1.29, 1.82) is 0 Å². The zero-order valence-electron chi connectivity index (χ0n) is 5.18. The average molecular weight is 192 g/mol. The highest BCUT2D eigenvalue weighted by molar-refractivity contribution is 8.79. The molecule has 4 nitrogen and oxygen atoms in total. The van der Waals surface area contributed by atoms with Crippen molar-refractivity contribution in [2.24, 2.45) is 0 Å². The summed E-state index contributed by atoms with van der Waals surface area (Å²) in [6.45, 7) is 0. The van der Waals surface area contributed by atoms with Gasteiger partial charge in [0.05, 0.1) is 0 Å². The molecule has 0 aliphatic carbocycles. The number of carboxylic acid groups (broad SMARTS) is 2. The fraction of sp³-hybridized carbons (Fsp3) is 0.200. The first kappa shape index (κ1) is 8.48. The summed E-state index contributed by atoms with van der Waals surface area (Å²) in [4.78, 5) is 20.7. The van der Waals surface area contributed by atoms with E-state index in [2.05, 4.69) is 0 Å². The van der Waals surface area contributed by atoms with Crippen LogP contribution in [0, 0.1) is 0 Å². The molecule has 0 amide bonds. The molecule has 0 aromatic rings. The van der Waals surface area contributed by atoms with Crippen molar-refractivity contribution in [3.05, 3.63) is 11.0 Å². The zero-order valence-corrected chi connectivity index (χ0v) is 6.82. The largest absolute Gasteiger partial charge is 0.480 e. The fourth-order valence-corrected chi connectivity index (χ4v) is 2.76. The maximum absolute atomic E-state index is 10.3. The van der Waals surface area contributed by atoms with Crippen LogP contribution in [0.15, 0.2) is 11.0 Å². The molecule has 0 bridgehead atoms. The molecule has 0 saturated heterocycles. The van der Waals surface area contributed by atoms with Gasteiger partial charge in [-0.05, 0) is 16.9 Å². The van der Waals surface area contributed by atoms with E-state index in [0.29, 0.717) is 0 Å². The molecule has 1 unspecified atom stereocenters. The van der Waals surface area contributed by atoms with E-state index in [1.807, 2.05) is 0 Å². The number of aliphatic carboxylic acids is 2. The molecule has 0 radical (unpaired) electrons. The van der Waals surface area contributed by atoms with Crippen LogP contribution in [0.1, 0.15) is 0 Å². The van der Waals surface area contributed by atoms with Gasteiger partial charge >= 0.3 is 11.9 Å². The van der Waals surface area contributed by atoms with E-state index in [4.69, 9.17) is 10.2 Å².